The molecular formula is C9H7F2N3OS2. The highest BCUT2D eigenvalue weighted by Gasteiger charge is 2.11. The fourth-order valence-electron chi connectivity index (χ4n) is 1.06. The molecule has 90 valence electrons. The first kappa shape index (κ1) is 12.1. The van der Waals surface area contributed by atoms with Crippen molar-refractivity contribution in [3.63, 3.8) is 0 Å². The summed E-state index contributed by atoms with van der Waals surface area (Å²) in [6.45, 7) is 0. The largest absolute Gasteiger partial charge is 0.494 e. The second kappa shape index (κ2) is 5.28. The van der Waals surface area contributed by atoms with Gasteiger partial charge in [-0.1, -0.05) is 0 Å². The molecule has 0 amide bonds. The third kappa shape index (κ3) is 2.83. The van der Waals surface area contributed by atoms with Crippen LogP contribution in [0.15, 0.2) is 23.4 Å². The van der Waals surface area contributed by atoms with E-state index in [0.29, 0.717) is 5.13 Å². The van der Waals surface area contributed by atoms with E-state index in [2.05, 4.69) is 18.8 Å². The Morgan fingerprint density at radius 3 is 2.82 bits per heavy atom. The van der Waals surface area contributed by atoms with Crippen molar-refractivity contribution in [2.45, 2.75) is 4.90 Å². The fraction of sp³-hybridized carbons (Fsp3) is 0.111. The number of ether oxygens (including phenoxy) is 1. The van der Waals surface area contributed by atoms with Crippen LogP contribution in [-0.4, -0.2) is 16.5 Å². The molecule has 1 aromatic heterocycles. The summed E-state index contributed by atoms with van der Waals surface area (Å²) in [4.78, 5) is 3.98. The molecule has 2 aromatic rings. The topological polar surface area (TPSA) is 47.0 Å². The van der Waals surface area contributed by atoms with Crippen molar-refractivity contribution < 1.29 is 13.5 Å². The molecule has 0 aliphatic rings. The van der Waals surface area contributed by atoms with Crippen LogP contribution in [0.25, 0.3) is 0 Å². The summed E-state index contributed by atoms with van der Waals surface area (Å²) in [5.41, 5.74) is 0. The molecule has 1 N–H and O–H groups in total. The van der Waals surface area contributed by atoms with E-state index in [1.165, 1.54) is 13.4 Å². The zero-order valence-corrected chi connectivity index (χ0v) is 10.2. The number of halogens is 2. The van der Waals surface area contributed by atoms with Crippen molar-refractivity contribution in [1.29, 1.82) is 0 Å². The summed E-state index contributed by atoms with van der Waals surface area (Å²) < 4.78 is 38.0. The predicted octanol–water partition coefficient (Wildman–Crippen LogP) is 2.94. The number of nitrogens with zero attached hydrogens (tertiary/aromatic N) is 2. The van der Waals surface area contributed by atoms with E-state index in [1.54, 1.807) is 0 Å². The third-order valence-corrected chi connectivity index (χ3v) is 3.35. The Morgan fingerprint density at radius 1 is 1.35 bits per heavy atom. The van der Waals surface area contributed by atoms with E-state index < -0.39 is 11.6 Å². The highest BCUT2D eigenvalue weighted by Crippen LogP contribution is 2.29. The highest BCUT2D eigenvalue weighted by molar-refractivity contribution is 8.00. The van der Waals surface area contributed by atoms with Crippen LogP contribution in [0.2, 0.25) is 0 Å². The Morgan fingerprint density at radius 2 is 2.18 bits per heavy atom. The van der Waals surface area contributed by atoms with Crippen molar-refractivity contribution in [3.8, 4) is 5.75 Å². The summed E-state index contributed by atoms with van der Waals surface area (Å²) in [6.07, 6.45) is 1.37. The fourth-order valence-corrected chi connectivity index (χ4v) is 2.19. The van der Waals surface area contributed by atoms with Gasteiger partial charge in [0.2, 0.25) is 5.13 Å². The molecule has 0 radical (unpaired) electrons. The number of anilines is 1. The number of hydrogen-bond acceptors (Lipinski definition) is 6. The maximum Gasteiger partial charge on any atom is 0.212 e. The van der Waals surface area contributed by atoms with Crippen LogP contribution >= 0.6 is 23.5 Å². The molecule has 0 bridgehead atoms. The molecule has 17 heavy (non-hydrogen) atoms. The minimum atomic E-state index is -0.615. The van der Waals surface area contributed by atoms with Crippen molar-refractivity contribution >= 4 is 28.6 Å². The van der Waals surface area contributed by atoms with Crippen LogP contribution < -0.4 is 9.46 Å². The van der Waals surface area contributed by atoms with Gasteiger partial charge >= 0.3 is 0 Å². The second-order valence-electron chi connectivity index (χ2n) is 2.87. The van der Waals surface area contributed by atoms with Crippen LogP contribution in [0.1, 0.15) is 0 Å². The van der Waals surface area contributed by atoms with Gasteiger partial charge in [-0.2, -0.15) is 4.37 Å². The quantitative estimate of drug-likeness (QED) is 0.869. The summed E-state index contributed by atoms with van der Waals surface area (Å²) in [5.74, 6) is -1.30. The van der Waals surface area contributed by atoms with Gasteiger partial charge in [-0.25, -0.2) is 13.8 Å². The van der Waals surface area contributed by atoms with Crippen molar-refractivity contribution in [3.05, 3.63) is 30.1 Å². The van der Waals surface area contributed by atoms with Gasteiger partial charge in [0.25, 0.3) is 0 Å². The molecule has 1 heterocycles. The predicted molar refractivity (Wildman–Crippen MR) is 62.3 cm³/mol. The van der Waals surface area contributed by atoms with Crippen molar-refractivity contribution in [1.82, 2.24) is 9.36 Å². The van der Waals surface area contributed by atoms with Gasteiger partial charge < -0.3 is 9.46 Å². The zero-order chi connectivity index (χ0) is 12.3. The van der Waals surface area contributed by atoms with Gasteiger partial charge in [0.1, 0.15) is 12.1 Å². The lowest BCUT2D eigenvalue weighted by Gasteiger charge is -2.06. The molecule has 8 heteroatoms. The monoisotopic (exact) mass is 275 g/mol. The first-order valence-electron chi connectivity index (χ1n) is 4.43. The molecule has 0 saturated carbocycles. The molecule has 1 aromatic carbocycles. The van der Waals surface area contributed by atoms with Crippen LogP contribution in [0.3, 0.4) is 0 Å². The zero-order valence-electron chi connectivity index (χ0n) is 8.61. The Hall–Kier alpha value is -1.41. The molecule has 0 aliphatic carbocycles. The Kier molecular flexibility index (Phi) is 3.75. The van der Waals surface area contributed by atoms with E-state index in [1.807, 2.05) is 0 Å². The van der Waals surface area contributed by atoms with Crippen LogP contribution in [0.5, 0.6) is 5.75 Å². The van der Waals surface area contributed by atoms with Gasteiger partial charge in [-0.05, 0) is 18.0 Å². The van der Waals surface area contributed by atoms with Crippen LogP contribution in [-0.2, 0) is 0 Å². The third-order valence-electron chi connectivity index (χ3n) is 1.82. The smallest absolute Gasteiger partial charge is 0.212 e. The van der Waals surface area contributed by atoms with E-state index in [4.69, 9.17) is 0 Å². The lowest BCUT2D eigenvalue weighted by Crippen LogP contribution is -1.94. The summed E-state index contributed by atoms with van der Waals surface area (Å²) in [7, 11) is 1.28. The highest BCUT2D eigenvalue weighted by atomic mass is 32.2. The van der Waals surface area contributed by atoms with Gasteiger partial charge in [0.15, 0.2) is 11.6 Å². The molecule has 0 spiro atoms. The average molecular weight is 275 g/mol. The lowest BCUT2D eigenvalue weighted by atomic mass is 10.3. The number of methoxy groups -OCH3 is 1. The minimum Gasteiger partial charge on any atom is -0.494 e. The van der Waals surface area contributed by atoms with Crippen molar-refractivity contribution in [2.75, 3.05) is 11.8 Å². The SMILES string of the molecule is COc1cc(F)c(SNc2ncns2)cc1F. The minimum absolute atomic E-state index is 0.122. The van der Waals surface area contributed by atoms with E-state index in [-0.39, 0.29) is 10.6 Å². The van der Waals surface area contributed by atoms with E-state index in [0.717, 1.165) is 35.6 Å². The number of rotatable bonds is 4. The van der Waals surface area contributed by atoms with Gasteiger partial charge in [-0.15, -0.1) is 0 Å². The molecule has 0 atom stereocenters. The summed E-state index contributed by atoms with van der Waals surface area (Å²) in [5, 5.41) is 0.519. The first-order chi connectivity index (χ1) is 8.20. The average Bonchev–Trinajstić information content (AvgIpc) is 2.82. The number of aromatic nitrogens is 2. The Bertz CT molecular complexity index is 507. The molecule has 4 nitrogen and oxygen atoms in total. The molecule has 0 aliphatic heterocycles. The van der Waals surface area contributed by atoms with Crippen LogP contribution in [0.4, 0.5) is 13.9 Å². The first-order valence-corrected chi connectivity index (χ1v) is 6.02. The van der Waals surface area contributed by atoms with Crippen molar-refractivity contribution in [2.24, 2.45) is 0 Å². The number of benzene rings is 1. The van der Waals surface area contributed by atoms with Gasteiger partial charge in [0, 0.05) is 17.6 Å². The molecular weight excluding hydrogens is 268 g/mol. The van der Waals surface area contributed by atoms with Crippen LogP contribution in [0, 0.1) is 11.6 Å². The van der Waals surface area contributed by atoms with Gasteiger partial charge in [-0.3, -0.25) is 0 Å². The summed E-state index contributed by atoms with van der Waals surface area (Å²) >= 11 is 2.05. The molecule has 0 unspecified atom stereocenters. The number of nitrogens with one attached hydrogen (secondary N) is 1. The number of hydrogen-bond donors (Lipinski definition) is 1. The normalized spacial score (nSPS) is 10.3. The van der Waals surface area contributed by atoms with Gasteiger partial charge in [0.05, 0.1) is 12.0 Å². The maximum atomic E-state index is 13.5. The standard InChI is InChI=1S/C9H7F2N3OS2/c1-15-7-2-6(11)8(3-5(7)10)16-14-9-12-4-13-17-9/h2-4H,1H3,(H,12,13,14). The second-order valence-corrected chi connectivity index (χ2v) is 4.50. The summed E-state index contributed by atoms with van der Waals surface area (Å²) in [6, 6.07) is 2.06. The molecule has 0 fully saturated rings. The van der Waals surface area contributed by atoms with E-state index in [9.17, 15) is 8.78 Å². The molecule has 2 rings (SSSR count). The lowest BCUT2D eigenvalue weighted by molar-refractivity contribution is 0.380. The Balaban J connectivity index is 2.13. The Labute approximate surface area is 104 Å². The molecule has 0 saturated heterocycles. The maximum absolute atomic E-state index is 13.5. The van der Waals surface area contributed by atoms with E-state index >= 15 is 0 Å².